The van der Waals surface area contributed by atoms with Crippen LogP contribution in [0.5, 0.6) is 5.75 Å². The number of carbonyl (C=O) groups is 1. The van der Waals surface area contributed by atoms with Crippen LogP contribution in [0.25, 0.3) is 0 Å². The molecular weight excluding hydrogens is 292 g/mol. The molecule has 0 saturated heterocycles. The van der Waals surface area contributed by atoms with Crippen molar-refractivity contribution in [3.8, 4) is 5.75 Å². The largest absolute Gasteiger partial charge is 0.497 e. The first-order chi connectivity index (χ1) is 11.2. The van der Waals surface area contributed by atoms with Crippen LogP contribution in [0.4, 0.5) is 5.69 Å². The predicted octanol–water partition coefficient (Wildman–Crippen LogP) is 2.26. The highest BCUT2D eigenvalue weighted by Crippen LogP contribution is 2.17. The zero-order chi connectivity index (χ0) is 16.5. The summed E-state index contributed by atoms with van der Waals surface area (Å²) in [7, 11) is 1.62. The molecule has 0 atom stereocenters. The van der Waals surface area contributed by atoms with Crippen LogP contribution in [0, 0.1) is 0 Å². The van der Waals surface area contributed by atoms with E-state index in [2.05, 4.69) is 15.6 Å². The summed E-state index contributed by atoms with van der Waals surface area (Å²) in [5, 5.41) is 6.06. The number of guanidine groups is 1. The second-order valence-electron chi connectivity index (χ2n) is 5.77. The van der Waals surface area contributed by atoms with Gasteiger partial charge in [-0.3, -0.25) is 9.79 Å². The van der Waals surface area contributed by atoms with Crippen molar-refractivity contribution in [2.24, 2.45) is 10.7 Å². The molecule has 1 fully saturated rings. The third-order valence-electron chi connectivity index (χ3n) is 3.95. The van der Waals surface area contributed by atoms with Gasteiger partial charge in [-0.1, -0.05) is 19.3 Å². The van der Waals surface area contributed by atoms with Crippen LogP contribution in [0.1, 0.15) is 38.5 Å². The van der Waals surface area contributed by atoms with E-state index >= 15 is 0 Å². The molecule has 126 valence electrons. The number of ether oxygens (including phenoxy) is 1. The van der Waals surface area contributed by atoms with E-state index < -0.39 is 0 Å². The third kappa shape index (κ3) is 6.18. The number of hydrogen-bond acceptors (Lipinski definition) is 3. The molecule has 0 unspecified atom stereocenters. The second kappa shape index (κ2) is 9.02. The minimum absolute atomic E-state index is 0.0536. The summed E-state index contributed by atoms with van der Waals surface area (Å²) < 4.78 is 5.09. The number of aliphatic imine (C=N–C) groups is 1. The van der Waals surface area contributed by atoms with E-state index in [-0.39, 0.29) is 5.91 Å². The first-order valence-corrected chi connectivity index (χ1v) is 8.18. The van der Waals surface area contributed by atoms with Crippen molar-refractivity contribution in [3.05, 3.63) is 24.3 Å². The van der Waals surface area contributed by atoms with Gasteiger partial charge < -0.3 is 21.1 Å². The van der Waals surface area contributed by atoms with E-state index in [1.807, 2.05) is 24.3 Å². The minimum atomic E-state index is 0.0536. The molecule has 0 spiro atoms. The Kier molecular flexibility index (Phi) is 6.72. The van der Waals surface area contributed by atoms with Crippen molar-refractivity contribution in [2.45, 2.75) is 44.6 Å². The lowest BCUT2D eigenvalue weighted by Gasteiger charge is -2.22. The van der Waals surface area contributed by atoms with E-state index in [9.17, 15) is 4.79 Å². The molecule has 1 saturated carbocycles. The number of nitrogens with one attached hydrogen (secondary N) is 2. The molecule has 2 rings (SSSR count). The van der Waals surface area contributed by atoms with Gasteiger partial charge in [0.2, 0.25) is 5.91 Å². The first kappa shape index (κ1) is 17.1. The van der Waals surface area contributed by atoms with E-state index in [4.69, 9.17) is 10.5 Å². The summed E-state index contributed by atoms with van der Waals surface area (Å²) in [6, 6.07) is 7.74. The summed E-state index contributed by atoms with van der Waals surface area (Å²) in [5.74, 6) is 1.14. The van der Waals surface area contributed by atoms with Crippen LogP contribution in [0.3, 0.4) is 0 Å². The number of rotatable bonds is 6. The highest BCUT2D eigenvalue weighted by molar-refractivity contribution is 5.92. The van der Waals surface area contributed by atoms with Gasteiger partial charge in [0.15, 0.2) is 5.96 Å². The molecule has 0 radical (unpaired) electrons. The summed E-state index contributed by atoms with van der Waals surface area (Å²) >= 11 is 0. The van der Waals surface area contributed by atoms with Crippen LogP contribution in [-0.4, -0.2) is 31.6 Å². The summed E-state index contributed by atoms with van der Waals surface area (Å²) in [6.07, 6.45) is 6.25. The van der Waals surface area contributed by atoms with Crippen molar-refractivity contribution >= 4 is 17.6 Å². The molecule has 23 heavy (non-hydrogen) atoms. The number of nitrogens with zero attached hydrogens (tertiary/aromatic N) is 1. The molecule has 1 aliphatic rings. The Bertz CT molecular complexity index is 522. The molecule has 0 bridgehead atoms. The molecular formula is C17H26N4O2. The van der Waals surface area contributed by atoms with Crippen LogP contribution in [0.15, 0.2) is 29.3 Å². The Balaban J connectivity index is 1.70. The maximum Gasteiger partial charge on any atom is 0.222 e. The Morgan fingerprint density at radius 3 is 2.61 bits per heavy atom. The number of amides is 1. The van der Waals surface area contributed by atoms with E-state index in [0.29, 0.717) is 25.0 Å². The van der Waals surface area contributed by atoms with Crippen molar-refractivity contribution < 1.29 is 9.53 Å². The van der Waals surface area contributed by atoms with Gasteiger partial charge in [0, 0.05) is 18.2 Å². The van der Waals surface area contributed by atoms with Crippen LogP contribution in [0.2, 0.25) is 0 Å². The first-order valence-electron chi connectivity index (χ1n) is 8.18. The Morgan fingerprint density at radius 1 is 1.26 bits per heavy atom. The molecule has 1 aromatic rings. The molecule has 1 aromatic carbocycles. The molecule has 1 amide bonds. The Morgan fingerprint density at radius 2 is 1.96 bits per heavy atom. The zero-order valence-electron chi connectivity index (χ0n) is 13.7. The fraction of sp³-hybridized carbons (Fsp3) is 0.529. The predicted molar refractivity (Wildman–Crippen MR) is 92.7 cm³/mol. The van der Waals surface area contributed by atoms with Crippen LogP contribution >= 0.6 is 0 Å². The molecule has 0 heterocycles. The van der Waals surface area contributed by atoms with Crippen molar-refractivity contribution in [2.75, 3.05) is 19.0 Å². The lowest BCUT2D eigenvalue weighted by molar-refractivity contribution is -0.121. The van der Waals surface area contributed by atoms with Gasteiger partial charge >= 0.3 is 0 Å². The average molecular weight is 318 g/mol. The monoisotopic (exact) mass is 318 g/mol. The van der Waals surface area contributed by atoms with E-state index in [1.165, 1.54) is 19.3 Å². The number of nitrogens with two attached hydrogens (primary N) is 1. The number of anilines is 1. The summed E-state index contributed by atoms with van der Waals surface area (Å²) in [4.78, 5) is 16.1. The van der Waals surface area contributed by atoms with Gasteiger partial charge in [-0.2, -0.15) is 0 Å². The quantitative estimate of drug-likeness (QED) is 0.554. The van der Waals surface area contributed by atoms with E-state index in [1.54, 1.807) is 7.11 Å². The second-order valence-corrected chi connectivity index (χ2v) is 5.77. The number of benzene rings is 1. The molecule has 6 heteroatoms. The van der Waals surface area contributed by atoms with Crippen molar-refractivity contribution in [1.82, 2.24) is 5.32 Å². The topological polar surface area (TPSA) is 88.7 Å². The molecule has 1 aliphatic carbocycles. The Hall–Kier alpha value is -2.24. The van der Waals surface area contributed by atoms with Crippen molar-refractivity contribution in [1.29, 1.82) is 0 Å². The van der Waals surface area contributed by atoms with E-state index in [0.717, 1.165) is 24.3 Å². The fourth-order valence-corrected chi connectivity index (χ4v) is 2.69. The van der Waals surface area contributed by atoms with Crippen LogP contribution in [-0.2, 0) is 4.79 Å². The summed E-state index contributed by atoms with van der Waals surface area (Å²) in [5.41, 5.74) is 6.65. The number of hydrogen-bond donors (Lipinski definition) is 3. The smallest absolute Gasteiger partial charge is 0.222 e. The van der Waals surface area contributed by atoms with Gasteiger partial charge in [-0.15, -0.1) is 0 Å². The third-order valence-corrected chi connectivity index (χ3v) is 3.95. The molecule has 6 nitrogen and oxygen atoms in total. The lowest BCUT2D eigenvalue weighted by atomic mass is 9.95. The van der Waals surface area contributed by atoms with Gasteiger partial charge in [0.1, 0.15) is 5.75 Å². The molecule has 4 N–H and O–H groups in total. The van der Waals surface area contributed by atoms with Crippen molar-refractivity contribution in [3.63, 3.8) is 0 Å². The lowest BCUT2D eigenvalue weighted by Crippen LogP contribution is -2.36. The normalized spacial score (nSPS) is 16.0. The number of methoxy groups -OCH3 is 1. The standard InChI is InChI=1S/C17H26N4O2/c1-23-15-9-7-14(8-10-15)21-17(18)19-12-11-16(22)20-13-5-3-2-4-6-13/h7-10,13H,2-6,11-12H2,1H3,(H,20,22)(H3,18,19,21). The Labute approximate surface area is 137 Å². The van der Waals surface area contributed by atoms with Gasteiger partial charge in [-0.25, -0.2) is 0 Å². The van der Waals surface area contributed by atoms with Gasteiger partial charge in [0.25, 0.3) is 0 Å². The minimum Gasteiger partial charge on any atom is -0.497 e. The fourth-order valence-electron chi connectivity index (χ4n) is 2.69. The van der Waals surface area contributed by atoms with Gasteiger partial charge in [-0.05, 0) is 37.1 Å². The average Bonchev–Trinajstić information content (AvgIpc) is 2.56. The highest BCUT2D eigenvalue weighted by Gasteiger charge is 2.15. The summed E-state index contributed by atoms with van der Waals surface area (Å²) in [6.45, 7) is 0.382. The molecule has 0 aromatic heterocycles. The highest BCUT2D eigenvalue weighted by atomic mass is 16.5. The van der Waals surface area contributed by atoms with Gasteiger partial charge in [0.05, 0.1) is 13.7 Å². The van der Waals surface area contributed by atoms with Crippen LogP contribution < -0.4 is 21.1 Å². The number of carbonyl (C=O) groups excluding carboxylic acids is 1. The SMILES string of the molecule is COc1ccc(NC(N)=NCCC(=O)NC2CCCCC2)cc1. The zero-order valence-corrected chi connectivity index (χ0v) is 13.7. The maximum atomic E-state index is 11.9. The maximum absolute atomic E-state index is 11.9. The molecule has 0 aliphatic heterocycles.